The monoisotopic (exact) mass is 360 g/mol. The molecular weight excluding hydrogens is 342 g/mol. The van der Waals surface area contributed by atoms with Crippen LogP contribution in [-0.4, -0.2) is 18.9 Å². The van der Waals surface area contributed by atoms with Gasteiger partial charge in [-0.3, -0.25) is 9.59 Å². The zero-order chi connectivity index (χ0) is 18.8. The fraction of sp³-hybridized carbons (Fsp3) is 0.263. The Morgan fingerprint density at radius 1 is 1.00 bits per heavy atom. The molecule has 0 radical (unpaired) electrons. The van der Waals surface area contributed by atoms with Crippen molar-refractivity contribution in [2.24, 2.45) is 11.8 Å². The van der Waals surface area contributed by atoms with Crippen molar-refractivity contribution in [1.82, 2.24) is 0 Å². The number of amides is 2. The fourth-order valence-corrected chi connectivity index (χ4v) is 2.73. The molecule has 1 aliphatic carbocycles. The topological polar surface area (TPSA) is 67.4 Å². The Kier molecular flexibility index (Phi) is 4.88. The summed E-state index contributed by atoms with van der Waals surface area (Å²) in [7, 11) is 1.51. The molecule has 0 spiro atoms. The lowest BCUT2D eigenvalue weighted by atomic mass is 10.2. The van der Waals surface area contributed by atoms with Gasteiger partial charge in [-0.25, -0.2) is 8.78 Å². The summed E-state index contributed by atoms with van der Waals surface area (Å²) in [5.74, 6) is -3.14. The van der Waals surface area contributed by atoms with Crippen LogP contribution in [0.1, 0.15) is 12.0 Å². The number of hydrogen-bond donors (Lipinski definition) is 2. The fourth-order valence-electron chi connectivity index (χ4n) is 2.73. The summed E-state index contributed by atoms with van der Waals surface area (Å²) in [6.07, 6.45) is 0.398. The molecule has 26 heavy (non-hydrogen) atoms. The number of rotatable bonds is 5. The van der Waals surface area contributed by atoms with Crippen molar-refractivity contribution in [3.05, 3.63) is 53.6 Å². The minimum atomic E-state index is -1.04. The highest BCUT2D eigenvalue weighted by Crippen LogP contribution is 2.41. The molecule has 136 valence electrons. The van der Waals surface area contributed by atoms with E-state index in [1.165, 1.54) is 13.2 Å². The second-order valence-electron chi connectivity index (χ2n) is 6.26. The van der Waals surface area contributed by atoms with Gasteiger partial charge in [0.05, 0.1) is 24.6 Å². The smallest absolute Gasteiger partial charge is 0.228 e. The van der Waals surface area contributed by atoms with Gasteiger partial charge in [0.2, 0.25) is 11.8 Å². The summed E-state index contributed by atoms with van der Waals surface area (Å²) >= 11 is 0. The van der Waals surface area contributed by atoms with Gasteiger partial charge in [0.15, 0.2) is 11.6 Å². The molecule has 0 bridgehead atoms. The van der Waals surface area contributed by atoms with Gasteiger partial charge in [0.1, 0.15) is 5.75 Å². The van der Waals surface area contributed by atoms with Gasteiger partial charge < -0.3 is 15.4 Å². The molecule has 1 fully saturated rings. The van der Waals surface area contributed by atoms with Crippen LogP contribution < -0.4 is 15.4 Å². The highest BCUT2D eigenvalue weighted by atomic mass is 19.2. The first kappa shape index (κ1) is 17.8. The number of aryl methyl sites for hydroxylation is 1. The van der Waals surface area contributed by atoms with Gasteiger partial charge in [-0.1, -0.05) is 6.07 Å². The Labute approximate surface area is 149 Å². The van der Waals surface area contributed by atoms with Crippen molar-refractivity contribution in [2.75, 3.05) is 17.7 Å². The summed E-state index contributed by atoms with van der Waals surface area (Å²) in [4.78, 5) is 24.5. The van der Waals surface area contributed by atoms with Gasteiger partial charge in [-0.05, 0) is 43.2 Å². The van der Waals surface area contributed by atoms with Crippen LogP contribution in [0.4, 0.5) is 20.2 Å². The Balaban J connectivity index is 1.61. The van der Waals surface area contributed by atoms with Crippen LogP contribution in [0.15, 0.2) is 36.4 Å². The second kappa shape index (κ2) is 7.11. The van der Waals surface area contributed by atoms with Crippen molar-refractivity contribution >= 4 is 23.2 Å². The number of hydrogen-bond acceptors (Lipinski definition) is 3. The van der Waals surface area contributed by atoms with Gasteiger partial charge in [-0.2, -0.15) is 0 Å². The van der Waals surface area contributed by atoms with Crippen LogP contribution in [0.25, 0.3) is 0 Å². The summed E-state index contributed by atoms with van der Waals surface area (Å²) in [6.45, 7) is 1.89. The molecule has 2 N–H and O–H groups in total. The van der Waals surface area contributed by atoms with E-state index in [2.05, 4.69) is 10.6 Å². The number of halogens is 2. The zero-order valence-electron chi connectivity index (χ0n) is 14.3. The van der Waals surface area contributed by atoms with E-state index in [1.54, 1.807) is 12.1 Å². The van der Waals surface area contributed by atoms with E-state index in [0.29, 0.717) is 17.9 Å². The quantitative estimate of drug-likeness (QED) is 0.858. The number of carbonyl (C=O) groups excluding carboxylic acids is 2. The lowest BCUT2D eigenvalue weighted by molar-refractivity contribution is -0.122. The molecule has 3 rings (SSSR count). The number of benzene rings is 2. The predicted molar refractivity (Wildman–Crippen MR) is 92.9 cm³/mol. The molecule has 2 unspecified atom stereocenters. The van der Waals surface area contributed by atoms with Crippen molar-refractivity contribution in [2.45, 2.75) is 13.3 Å². The molecule has 1 saturated carbocycles. The third kappa shape index (κ3) is 3.82. The molecule has 0 aromatic heterocycles. The lowest BCUT2D eigenvalue weighted by Crippen LogP contribution is -2.21. The maximum absolute atomic E-state index is 13.2. The molecule has 1 aliphatic rings. The Morgan fingerprint density at radius 3 is 2.35 bits per heavy atom. The van der Waals surface area contributed by atoms with Crippen molar-refractivity contribution in [3.8, 4) is 5.75 Å². The van der Waals surface area contributed by atoms with Crippen LogP contribution in [0, 0.1) is 30.4 Å². The molecule has 7 heteroatoms. The maximum Gasteiger partial charge on any atom is 0.228 e. The zero-order valence-corrected chi connectivity index (χ0v) is 14.3. The van der Waals surface area contributed by atoms with E-state index in [9.17, 15) is 18.4 Å². The van der Waals surface area contributed by atoms with E-state index in [-0.39, 0.29) is 11.6 Å². The molecule has 2 atom stereocenters. The third-order valence-corrected chi connectivity index (χ3v) is 4.26. The van der Waals surface area contributed by atoms with Crippen molar-refractivity contribution in [3.63, 3.8) is 0 Å². The molecular formula is C19H18F2N2O3. The standard InChI is InChI=1S/C19H18F2N2O3/c1-10-3-6-17(26-2)16(7-10)23-19(25)13-9-12(13)18(24)22-11-4-5-14(20)15(21)8-11/h3-8,12-13H,9H2,1-2H3,(H,22,24)(H,23,25). The van der Waals surface area contributed by atoms with Crippen molar-refractivity contribution < 1.29 is 23.1 Å². The number of carbonyl (C=O) groups is 2. The molecule has 0 aliphatic heterocycles. The van der Waals surface area contributed by atoms with E-state index in [4.69, 9.17) is 4.74 Å². The Hall–Kier alpha value is -2.96. The minimum Gasteiger partial charge on any atom is -0.495 e. The summed E-state index contributed by atoms with van der Waals surface area (Å²) in [5.41, 5.74) is 1.66. The molecule has 2 aromatic carbocycles. The molecule has 5 nitrogen and oxygen atoms in total. The average Bonchev–Trinajstić information content (AvgIpc) is 3.39. The Morgan fingerprint density at radius 2 is 1.69 bits per heavy atom. The van der Waals surface area contributed by atoms with E-state index in [0.717, 1.165) is 17.7 Å². The summed E-state index contributed by atoms with van der Waals surface area (Å²) < 4.78 is 31.3. The largest absolute Gasteiger partial charge is 0.495 e. The van der Waals surface area contributed by atoms with Gasteiger partial charge in [0.25, 0.3) is 0 Å². The second-order valence-corrected chi connectivity index (χ2v) is 6.26. The first-order valence-corrected chi connectivity index (χ1v) is 8.10. The molecule has 0 heterocycles. The third-order valence-electron chi connectivity index (χ3n) is 4.26. The molecule has 2 aromatic rings. The molecule has 2 amide bonds. The first-order chi connectivity index (χ1) is 12.4. The minimum absolute atomic E-state index is 0.153. The highest BCUT2D eigenvalue weighted by molar-refractivity contribution is 6.03. The lowest BCUT2D eigenvalue weighted by Gasteiger charge is -2.11. The number of anilines is 2. The van der Waals surface area contributed by atoms with Crippen LogP contribution in [-0.2, 0) is 9.59 Å². The first-order valence-electron chi connectivity index (χ1n) is 8.10. The SMILES string of the molecule is COc1ccc(C)cc1NC(=O)C1CC1C(=O)Nc1ccc(F)c(F)c1. The number of methoxy groups -OCH3 is 1. The highest BCUT2D eigenvalue weighted by Gasteiger charge is 2.48. The number of ether oxygens (including phenoxy) is 1. The maximum atomic E-state index is 13.2. The van der Waals surface area contributed by atoms with E-state index >= 15 is 0 Å². The van der Waals surface area contributed by atoms with E-state index < -0.39 is 29.4 Å². The molecule has 0 saturated heterocycles. The van der Waals surface area contributed by atoms with Crippen LogP contribution in [0.5, 0.6) is 5.75 Å². The van der Waals surface area contributed by atoms with Crippen molar-refractivity contribution in [1.29, 1.82) is 0 Å². The van der Waals surface area contributed by atoms with Crippen LogP contribution >= 0.6 is 0 Å². The predicted octanol–water partition coefficient (Wildman–Crippen LogP) is 3.50. The van der Waals surface area contributed by atoms with E-state index in [1.807, 2.05) is 13.0 Å². The summed E-state index contributed by atoms with van der Waals surface area (Å²) in [5, 5.41) is 5.28. The van der Waals surface area contributed by atoms with Crippen LogP contribution in [0.2, 0.25) is 0 Å². The van der Waals surface area contributed by atoms with Gasteiger partial charge >= 0.3 is 0 Å². The normalized spacial score (nSPS) is 18.2. The van der Waals surface area contributed by atoms with Gasteiger partial charge in [0, 0.05) is 11.8 Å². The van der Waals surface area contributed by atoms with Crippen LogP contribution in [0.3, 0.4) is 0 Å². The van der Waals surface area contributed by atoms with Gasteiger partial charge in [-0.15, -0.1) is 0 Å². The number of nitrogens with one attached hydrogen (secondary N) is 2. The summed E-state index contributed by atoms with van der Waals surface area (Å²) in [6, 6.07) is 8.52. The Bertz CT molecular complexity index is 870. The average molecular weight is 360 g/mol.